The highest BCUT2D eigenvalue weighted by Gasteiger charge is 2.27. The second kappa shape index (κ2) is 5.44. The van der Waals surface area contributed by atoms with Gasteiger partial charge in [0.1, 0.15) is 11.4 Å². The lowest BCUT2D eigenvalue weighted by Gasteiger charge is -2.37. The molecule has 0 N–H and O–H groups in total. The summed E-state index contributed by atoms with van der Waals surface area (Å²) in [5, 5.41) is 0. The average Bonchev–Trinajstić information content (AvgIpc) is 2.89. The van der Waals surface area contributed by atoms with Gasteiger partial charge in [-0.05, 0) is 45.4 Å². The van der Waals surface area contributed by atoms with Gasteiger partial charge in [0, 0.05) is 12.2 Å². The second-order valence-electron chi connectivity index (χ2n) is 5.84. The number of pyridine rings is 1. The van der Waals surface area contributed by atoms with Crippen LogP contribution in [0, 0.1) is 0 Å². The maximum atomic E-state index is 5.28. The molecule has 1 aliphatic heterocycles. The van der Waals surface area contributed by atoms with Gasteiger partial charge in [-0.15, -0.1) is 0 Å². The van der Waals surface area contributed by atoms with Crippen LogP contribution in [0.25, 0.3) is 5.65 Å². The lowest BCUT2D eigenvalue weighted by atomic mass is 9.98. The Labute approximate surface area is 120 Å². The standard InChI is InChI=1S/C16H23N3O/c1-12(2)19-9-5-4-6-15(19)14-11-18-10-13(20-3)7-8-16(18)17-14/h7-8,10-12,15H,4-6,9H2,1-3H3. The fourth-order valence-electron chi connectivity index (χ4n) is 3.16. The maximum Gasteiger partial charge on any atom is 0.137 e. The molecule has 4 heteroatoms. The van der Waals surface area contributed by atoms with Crippen LogP contribution in [0.15, 0.2) is 24.5 Å². The number of rotatable bonds is 3. The average molecular weight is 273 g/mol. The lowest BCUT2D eigenvalue weighted by Crippen LogP contribution is -2.38. The smallest absolute Gasteiger partial charge is 0.137 e. The largest absolute Gasteiger partial charge is 0.495 e. The van der Waals surface area contributed by atoms with Gasteiger partial charge in [-0.3, -0.25) is 4.90 Å². The SMILES string of the molecule is COc1ccc2nc(C3CCCCN3C(C)C)cn2c1. The highest BCUT2D eigenvalue weighted by atomic mass is 16.5. The molecule has 2 aromatic rings. The van der Waals surface area contributed by atoms with Crippen molar-refractivity contribution in [2.24, 2.45) is 0 Å². The van der Waals surface area contributed by atoms with Crippen molar-refractivity contribution in [3.05, 3.63) is 30.2 Å². The molecule has 0 bridgehead atoms. The zero-order chi connectivity index (χ0) is 14.1. The Morgan fingerprint density at radius 2 is 2.10 bits per heavy atom. The van der Waals surface area contributed by atoms with Crippen molar-refractivity contribution in [2.45, 2.75) is 45.2 Å². The zero-order valence-corrected chi connectivity index (χ0v) is 12.5. The van der Waals surface area contributed by atoms with Gasteiger partial charge in [0.15, 0.2) is 0 Å². The first-order chi connectivity index (χ1) is 9.69. The minimum absolute atomic E-state index is 0.453. The normalized spacial score (nSPS) is 20.7. The van der Waals surface area contributed by atoms with Gasteiger partial charge in [0.25, 0.3) is 0 Å². The van der Waals surface area contributed by atoms with E-state index in [4.69, 9.17) is 9.72 Å². The Morgan fingerprint density at radius 1 is 1.25 bits per heavy atom. The van der Waals surface area contributed by atoms with Crippen LogP contribution in [0.4, 0.5) is 0 Å². The summed E-state index contributed by atoms with van der Waals surface area (Å²) >= 11 is 0. The molecule has 20 heavy (non-hydrogen) atoms. The summed E-state index contributed by atoms with van der Waals surface area (Å²) in [5.41, 5.74) is 2.18. The first kappa shape index (κ1) is 13.4. The molecule has 1 unspecified atom stereocenters. The third kappa shape index (κ3) is 2.40. The molecule has 1 saturated heterocycles. The number of hydrogen-bond acceptors (Lipinski definition) is 3. The Balaban J connectivity index is 1.95. The summed E-state index contributed by atoms with van der Waals surface area (Å²) in [7, 11) is 1.70. The molecule has 1 aliphatic rings. The molecular weight excluding hydrogens is 250 g/mol. The van der Waals surface area contributed by atoms with Crippen molar-refractivity contribution in [1.82, 2.24) is 14.3 Å². The maximum absolute atomic E-state index is 5.28. The molecule has 2 aromatic heterocycles. The molecule has 0 aliphatic carbocycles. The number of imidazole rings is 1. The van der Waals surface area contributed by atoms with E-state index >= 15 is 0 Å². The van der Waals surface area contributed by atoms with Crippen LogP contribution in [-0.2, 0) is 0 Å². The topological polar surface area (TPSA) is 29.8 Å². The van der Waals surface area contributed by atoms with Crippen molar-refractivity contribution in [2.75, 3.05) is 13.7 Å². The van der Waals surface area contributed by atoms with Crippen molar-refractivity contribution < 1.29 is 4.74 Å². The summed E-state index contributed by atoms with van der Waals surface area (Å²) in [4.78, 5) is 7.38. The van der Waals surface area contributed by atoms with Gasteiger partial charge in [-0.1, -0.05) is 6.42 Å². The van der Waals surface area contributed by atoms with Crippen LogP contribution in [0.2, 0.25) is 0 Å². The number of nitrogens with zero attached hydrogens (tertiary/aromatic N) is 3. The Hall–Kier alpha value is -1.55. The fourth-order valence-corrected chi connectivity index (χ4v) is 3.16. The van der Waals surface area contributed by atoms with E-state index in [1.54, 1.807) is 7.11 Å². The lowest BCUT2D eigenvalue weighted by molar-refractivity contribution is 0.109. The number of ether oxygens (including phenoxy) is 1. The highest BCUT2D eigenvalue weighted by Crippen LogP contribution is 2.32. The van der Waals surface area contributed by atoms with E-state index in [1.165, 1.54) is 31.5 Å². The van der Waals surface area contributed by atoms with Crippen molar-refractivity contribution in [3.63, 3.8) is 0 Å². The molecule has 0 amide bonds. The number of fused-ring (bicyclic) bond motifs is 1. The van der Waals surface area contributed by atoms with Crippen LogP contribution >= 0.6 is 0 Å². The molecule has 3 rings (SSSR count). The molecule has 1 atom stereocenters. The zero-order valence-electron chi connectivity index (χ0n) is 12.5. The number of hydrogen-bond donors (Lipinski definition) is 0. The molecular formula is C16H23N3O. The summed E-state index contributed by atoms with van der Waals surface area (Å²) < 4.78 is 7.35. The number of piperidine rings is 1. The van der Waals surface area contributed by atoms with E-state index in [1.807, 2.05) is 18.3 Å². The van der Waals surface area contributed by atoms with Crippen LogP contribution in [0.3, 0.4) is 0 Å². The number of likely N-dealkylation sites (tertiary alicyclic amines) is 1. The van der Waals surface area contributed by atoms with Gasteiger partial charge in [-0.2, -0.15) is 0 Å². The van der Waals surface area contributed by atoms with Gasteiger partial charge in [0.05, 0.1) is 25.0 Å². The monoisotopic (exact) mass is 273 g/mol. The molecule has 1 fully saturated rings. The Bertz CT molecular complexity index is 590. The highest BCUT2D eigenvalue weighted by molar-refractivity contribution is 5.43. The van der Waals surface area contributed by atoms with Crippen molar-refractivity contribution in [1.29, 1.82) is 0 Å². The number of methoxy groups -OCH3 is 1. The number of aromatic nitrogens is 2. The summed E-state index contributed by atoms with van der Waals surface area (Å²) in [6.45, 7) is 5.73. The van der Waals surface area contributed by atoms with Gasteiger partial charge in [0.2, 0.25) is 0 Å². The van der Waals surface area contributed by atoms with E-state index in [9.17, 15) is 0 Å². The third-order valence-electron chi connectivity index (χ3n) is 4.23. The summed E-state index contributed by atoms with van der Waals surface area (Å²) in [6, 6.07) is 5.01. The fraction of sp³-hybridized carbons (Fsp3) is 0.562. The molecule has 108 valence electrons. The quantitative estimate of drug-likeness (QED) is 0.859. The summed E-state index contributed by atoms with van der Waals surface area (Å²) in [5.74, 6) is 0.866. The van der Waals surface area contributed by atoms with Gasteiger partial charge >= 0.3 is 0 Å². The van der Waals surface area contributed by atoms with E-state index < -0.39 is 0 Å². The molecule has 0 saturated carbocycles. The summed E-state index contributed by atoms with van der Waals surface area (Å²) in [6.07, 6.45) is 7.96. The predicted molar refractivity (Wildman–Crippen MR) is 80.2 cm³/mol. The van der Waals surface area contributed by atoms with Crippen LogP contribution in [-0.4, -0.2) is 34.0 Å². The van der Waals surface area contributed by atoms with Gasteiger partial charge in [-0.25, -0.2) is 4.98 Å². The van der Waals surface area contributed by atoms with Crippen LogP contribution in [0.1, 0.15) is 44.8 Å². The van der Waals surface area contributed by atoms with Crippen molar-refractivity contribution in [3.8, 4) is 5.75 Å². The van der Waals surface area contributed by atoms with Gasteiger partial charge < -0.3 is 9.14 Å². The third-order valence-corrected chi connectivity index (χ3v) is 4.23. The second-order valence-corrected chi connectivity index (χ2v) is 5.84. The van der Waals surface area contributed by atoms with E-state index in [-0.39, 0.29) is 0 Å². The van der Waals surface area contributed by atoms with Crippen LogP contribution in [0.5, 0.6) is 5.75 Å². The predicted octanol–water partition coefficient (Wildman–Crippen LogP) is 3.28. The Kier molecular flexibility index (Phi) is 3.66. The van der Waals surface area contributed by atoms with E-state index in [0.29, 0.717) is 12.1 Å². The van der Waals surface area contributed by atoms with Crippen LogP contribution < -0.4 is 4.74 Å². The molecule has 0 aromatic carbocycles. The molecule has 0 radical (unpaired) electrons. The molecule has 3 heterocycles. The molecule has 4 nitrogen and oxygen atoms in total. The Morgan fingerprint density at radius 3 is 2.85 bits per heavy atom. The first-order valence-corrected chi connectivity index (χ1v) is 7.47. The minimum atomic E-state index is 0.453. The van der Waals surface area contributed by atoms with E-state index in [0.717, 1.165) is 11.4 Å². The molecule has 0 spiro atoms. The van der Waals surface area contributed by atoms with E-state index in [2.05, 4.69) is 29.3 Å². The minimum Gasteiger partial charge on any atom is -0.495 e. The van der Waals surface area contributed by atoms with Crippen molar-refractivity contribution >= 4 is 5.65 Å². The first-order valence-electron chi connectivity index (χ1n) is 7.47.